The normalized spacial score (nSPS) is 13.6. The van der Waals surface area contributed by atoms with E-state index in [4.69, 9.17) is 5.11 Å². The highest BCUT2D eigenvalue weighted by atomic mass is 16.3. The molecule has 0 saturated heterocycles. The maximum Gasteiger partial charge on any atom is 0.220 e. The second kappa shape index (κ2) is 7.66. The van der Waals surface area contributed by atoms with E-state index >= 15 is 0 Å². The Morgan fingerprint density at radius 2 is 1.94 bits per heavy atom. The van der Waals surface area contributed by atoms with Crippen LogP contribution in [0.3, 0.4) is 0 Å². The van der Waals surface area contributed by atoms with Gasteiger partial charge in [-0.05, 0) is 24.2 Å². The summed E-state index contributed by atoms with van der Waals surface area (Å²) in [6.07, 6.45) is 3.50. The topological polar surface area (TPSA) is 49.3 Å². The van der Waals surface area contributed by atoms with E-state index in [2.05, 4.69) is 33.0 Å². The molecule has 0 spiro atoms. The molecule has 0 saturated carbocycles. The lowest BCUT2D eigenvalue weighted by molar-refractivity contribution is -0.123. The third kappa shape index (κ3) is 8.72. The van der Waals surface area contributed by atoms with Crippen LogP contribution in [0.5, 0.6) is 0 Å². The average Bonchev–Trinajstić information content (AvgIpc) is 2.12. The quantitative estimate of drug-likeness (QED) is 0.704. The molecular formula is C13H27NO2. The Balaban J connectivity index is 3.86. The van der Waals surface area contributed by atoms with Gasteiger partial charge >= 0.3 is 0 Å². The predicted octanol–water partition coefficient (Wildman–Crippen LogP) is 2.34. The molecule has 16 heavy (non-hydrogen) atoms. The molecule has 3 heteroatoms. The maximum absolute atomic E-state index is 11.6. The summed E-state index contributed by atoms with van der Waals surface area (Å²) in [6.45, 7) is 9.21. The molecule has 1 amide bonds. The fourth-order valence-corrected chi connectivity index (χ4v) is 1.74. The number of aliphatic hydroxyl groups is 1. The van der Waals surface area contributed by atoms with Crippen LogP contribution in [0.4, 0.5) is 0 Å². The summed E-state index contributed by atoms with van der Waals surface area (Å²) in [4.78, 5) is 11.6. The lowest BCUT2D eigenvalue weighted by Crippen LogP contribution is -2.32. The minimum Gasteiger partial charge on any atom is -0.396 e. The number of aliphatic hydroxyl groups excluding tert-OH is 1. The molecule has 0 bridgehead atoms. The van der Waals surface area contributed by atoms with Gasteiger partial charge < -0.3 is 10.4 Å². The molecule has 2 N–H and O–H groups in total. The van der Waals surface area contributed by atoms with Crippen LogP contribution in [-0.4, -0.2) is 24.2 Å². The summed E-state index contributed by atoms with van der Waals surface area (Å²) in [7, 11) is 0. The first-order chi connectivity index (χ1) is 7.39. The van der Waals surface area contributed by atoms with E-state index in [-0.39, 0.29) is 17.9 Å². The van der Waals surface area contributed by atoms with Gasteiger partial charge in [0, 0.05) is 19.6 Å². The maximum atomic E-state index is 11.6. The molecule has 0 aromatic carbocycles. The lowest BCUT2D eigenvalue weighted by Gasteiger charge is -2.20. The second-order valence-corrected chi connectivity index (χ2v) is 5.71. The number of hydrogen-bond acceptors (Lipinski definition) is 2. The van der Waals surface area contributed by atoms with E-state index in [0.29, 0.717) is 18.9 Å². The fourth-order valence-electron chi connectivity index (χ4n) is 1.74. The Kier molecular flexibility index (Phi) is 7.39. The number of rotatable bonds is 7. The van der Waals surface area contributed by atoms with Gasteiger partial charge in [-0.1, -0.05) is 34.1 Å². The van der Waals surface area contributed by atoms with E-state index in [1.807, 2.05) is 0 Å². The minimum atomic E-state index is 0.0430. The highest BCUT2D eigenvalue weighted by Crippen LogP contribution is 2.18. The van der Waals surface area contributed by atoms with Crippen LogP contribution >= 0.6 is 0 Å². The molecule has 0 aliphatic carbocycles. The Hall–Kier alpha value is -0.570. The van der Waals surface area contributed by atoms with Crippen molar-refractivity contribution >= 4 is 5.91 Å². The molecule has 1 atom stereocenters. The summed E-state index contributed by atoms with van der Waals surface area (Å²) in [5.74, 6) is 0.533. The monoisotopic (exact) mass is 229 g/mol. The van der Waals surface area contributed by atoms with Crippen LogP contribution in [0.25, 0.3) is 0 Å². The van der Waals surface area contributed by atoms with Gasteiger partial charge in [-0.2, -0.15) is 0 Å². The molecule has 3 nitrogen and oxygen atoms in total. The largest absolute Gasteiger partial charge is 0.396 e. The first kappa shape index (κ1) is 15.4. The van der Waals surface area contributed by atoms with Gasteiger partial charge in [-0.25, -0.2) is 0 Å². The molecule has 0 heterocycles. The predicted molar refractivity (Wildman–Crippen MR) is 67.2 cm³/mol. The van der Waals surface area contributed by atoms with Gasteiger partial charge in [0.2, 0.25) is 5.91 Å². The third-order valence-corrected chi connectivity index (χ3v) is 2.51. The number of hydrogen-bond donors (Lipinski definition) is 2. The Morgan fingerprint density at radius 1 is 1.31 bits per heavy atom. The molecule has 0 aromatic rings. The first-order valence-electron chi connectivity index (χ1n) is 6.26. The summed E-state index contributed by atoms with van der Waals surface area (Å²) in [5, 5.41) is 11.9. The van der Waals surface area contributed by atoms with Crippen LogP contribution < -0.4 is 5.32 Å². The molecule has 0 rings (SSSR count). The first-order valence-corrected chi connectivity index (χ1v) is 6.26. The molecule has 0 aliphatic heterocycles. The molecule has 0 fully saturated rings. The van der Waals surface area contributed by atoms with Crippen LogP contribution in [0.2, 0.25) is 0 Å². The van der Waals surface area contributed by atoms with Gasteiger partial charge in [0.1, 0.15) is 0 Å². The minimum absolute atomic E-state index is 0.0430. The SMILES string of the molecule is CCCC(CCO)CNC(=O)CC(C)(C)C. The fraction of sp³-hybridized carbons (Fsp3) is 0.923. The van der Waals surface area contributed by atoms with Crippen LogP contribution in [0, 0.1) is 11.3 Å². The molecular weight excluding hydrogens is 202 g/mol. The van der Waals surface area contributed by atoms with Gasteiger partial charge in [-0.3, -0.25) is 4.79 Å². The standard InChI is InChI=1S/C13H27NO2/c1-5-6-11(7-8-15)10-14-12(16)9-13(2,3)4/h11,15H,5-10H2,1-4H3,(H,14,16). The van der Waals surface area contributed by atoms with Crippen molar-refractivity contribution in [2.24, 2.45) is 11.3 Å². The highest BCUT2D eigenvalue weighted by molar-refractivity contribution is 5.76. The van der Waals surface area contributed by atoms with Crippen molar-refractivity contribution in [3.05, 3.63) is 0 Å². The van der Waals surface area contributed by atoms with Crippen molar-refractivity contribution in [3.8, 4) is 0 Å². The van der Waals surface area contributed by atoms with Gasteiger partial charge in [0.15, 0.2) is 0 Å². The Bertz CT molecular complexity index is 191. The van der Waals surface area contributed by atoms with E-state index in [9.17, 15) is 4.79 Å². The molecule has 0 aromatic heterocycles. The summed E-state index contributed by atoms with van der Waals surface area (Å²) in [5.41, 5.74) is 0.0430. The zero-order valence-corrected chi connectivity index (χ0v) is 11.2. The van der Waals surface area contributed by atoms with Gasteiger partial charge in [0.05, 0.1) is 0 Å². The number of amides is 1. The highest BCUT2D eigenvalue weighted by Gasteiger charge is 2.16. The van der Waals surface area contributed by atoms with Crippen molar-refractivity contribution in [1.29, 1.82) is 0 Å². The summed E-state index contributed by atoms with van der Waals surface area (Å²) in [6, 6.07) is 0. The average molecular weight is 229 g/mol. The van der Waals surface area contributed by atoms with Crippen molar-refractivity contribution in [2.75, 3.05) is 13.2 Å². The molecule has 0 aliphatic rings. The van der Waals surface area contributed by atoms with Crippen LogP contribution in [0.15, 0.2) is 0 Å². The third-order valence-electron chi connectivity index (χ3n) is 2.51. The number of carbonyl (C=O) groups excluding carboxylic acids is 1. The van der Waals surface area contributed by atoms with Crippen molar-refractivity contribution in [2.45, 2.75) is 53.4 Å². The Labute approximate surface area is 99.6 Å². The second-order valence-electron chi connectivity index (χ2n) is 5.71. The lowest BCUT2D eigenvalue weighted by atomic mass is 9.91. The number of carbonyl (C=O) groups is 1. The van der Waals surface area contributed by atoms with Gasteiger partial charge in [0.25, 0.3) is 0 Å². The van der Waals surface area contributed by atoms with E-state index in [0.717, 1.165) is 19.3 Å². The molecule has 1 unspecified atom stereocenters. The van der Waals surface area contributed by atoms with Crippen molar-refractivity contribution in [1.82, 2.24) is 5.32 Å². The summed E-state index contributed by atoms with van der Waals surface area (Å²) >= 11 is 0. The molecule has 96 valence electrons. The zero-order valence-electron chi connectivity index (χ0n) is 11.2. The zero-order chi connectivity index (χ0) is 12.6. The van der Waals surface area contributed by atoms with Gasteiger partial charge in [-0.15, -0.1) is 0 Å². The van der Waals surface area contributed by atoms with E-state index in [1.165, 1.54) is 0 Å². The number of nitrogens with one attached hydrogen (secondary N) is 1. The Morgan fingerprint density at radius 3 is 2.38 bits per heavy atom. The van der Waals surface area contributed by atoms with Crippen LogP contribution in [-0.2, 0) is 4.79 Å². The van der Waals surface area contributed by atoms with Crippen LogP contribution in [0.1, 0.15) is 53.4 Å². The van der Waals surface area contributed by atoms with E-state index < -0.39 is 0 Å². The van der Waals surface area contributed by atoms with Crippen molar-refractivity contribution < 1.29 is 9.90 Å². The van der Waals surface area contributed by atoms with E-state index in [1.54, 1.807) is 0 Å². The summed E-state index contributed by atoms with van der Waals surface area (Å²) < 4.78 is 0. The van der Waals surface area contributed by atoms with Crippen molar-refractivity contribution in [3.63, 3.8) is 0 Å². The smallest absolute Gasteiger partial charge is 0.220 e. The molecule has 0 radical (unpaired) electrons.